The predicted octanol–water partition coefficient (Wildman–Crippen LogP) is 3.56. The zero-order valence-corrected chi connectivity index (χ0v) is 14.6. The van der Waals surface area contributed by atoms with E-state index in [1.165, 1.54) is 31.2 Å². The van der Waals surface area contributed by atoms with Crippen molar-refractivity contribution in [2.24, 2.45) is 0 Å². The van der Waals surface area contributed by atoms with Crippen LogP contribution in [-0.2, 0) is 4.74 Å². The van der Waals surface area contributed by atoms with Crippen LogP contribution in [0.5, 0.6) is 5.75 Å². The van der Waals surface area contributed by atoms with Gasteiger partial charge < -0.3 is 14.5 Å². The first-order valence-electron chi connectivity index (χ1n) is 8.27. The van der Waals surface area contributed by atoms with Crippen LogP contribution in [-0.4, -0.2) is 29.5 Å². The smallest absolute Gasteiger partial charge is 0.387 e. The molecule has 1 heterocycles. The van der Waals surface area contributed by atoms with Gasteiger partial charge >= 0.3 is 12.6 Å². The molecule has 0 saturated heterocycles. The Morgan fingerprint density at radius 3 is 2.39 bits per heavy atom. The first kappa shape index (κ1) is 19.2. The minimum atomic E-state index is -2.97. The Labute approximate surface area is 157 Å². The fraction of sp³-hybridized carbons (Fsp3) is 0.150. The SMILES string of the molecule is C[C@@H](OC(=O)c1cc(=O)[nH]c2ccccc12)C(=O)c1ccc(OC(F)F)cc1. The number of aromatic nitrogens is 1. The Hall–Kier alpha value is -3.55. The van der Waals surface area contributed by atoms with E-state index >= 15 is 0 Å². The standard InChI is InChI=1S/C20H15F2NO5/c1-11(18(25)12-6-8-13(9-7-12)28-20(21)22)27-19(26)15-10-17(24)23-16-5-3-2-4-14(15)16/h2-11,20H,1H3,(H,23,24)/t11-/m1/s1. The van der Waals surface area contributed by atoms with Crippen LogP contribution in [0.1, 0.15) is 27.6 Å². The number of carbonyl (C=O) groups excluding carboxylic acids is 2. The number of benzene rings is 2. The third kappa shape index (κ3) is 4.22. The zero-order valence-electron chi connectivity index (χ0n) is 14.6. The summed E-state index contributed by atoms with van der Waals surface area (Å²) in [5, 5.41) is 0.486. The van der Waals surface area contributed by atoms with Crippen molar-refractivity contribution < 1.29 is 27.8 Å². The van der Waals surface area contributed by atoms with Gasteiger partial charge in [-0.25, -0.2) is 4.79 Å². The second-order valence-corrected chi connectivity index (χ2v) is 5.91. The lowest BCUT2D eigenvalue weighted by molar-refractivity contribution is -0.0498. The van der Waals surface area contributed by atoms with Gasteiger partial charge in [-0.15, -0.1) is 0 Å². The van der Waals surface area contributed by atoms with Crippen LogP contribution >= 0.6 is 0 Å². The molecule has 3 rings (SSSR count). The third-order valence-electron chi connectivity index (χ3n) is 3.99. The second kappa shape index (κ2) is 7.99. The van der Waals surface area contributed by atoms with E-state index in [0.717, 1.165) is 6.07 Å². The number of aromatic amines is 1. The average molecular weight is 387 g/mol. The van der Waals surface area contributed by atoms with E-state index in [0.29, 0.717) is 10.9 Å². The topological polar surface area (TPSA) is 85.5 Å². The van der Waals surface area contributed by atoms with Crippen molar-refractivity contribution >= 4 is 22.7 Å². The van der Waals surface area contributed by atoms with Gasteiger partial charge in [-0.05, 0) is 37.3 Å². The molecule has 28 heavy (non-hydrogen) atoms. The van der Waals surface area contributed by atoms with Crippen molar-refractivity contribution in [2.75, 3.05) is 0 Å². The Bertz CT molecular complexity index is 1080. The number of alkyl halides is 2. The molecule has 0 fully saturated rings. The van der Waals surface area contributed by atoms with E-state index in [2.05, 4.69) is 9.72 Å². The molecule has 0 bridgehead atoms. The molecule has 0 aliphatic rings. The molecule has 1 N–H and O–H groups in total. The van der Waals surface area contributed by atoms with Crippen molar-refractivity contribution in [1.29, 1.82) is 0 Å². The van der Waals surface area contributed by atoms with Crippen LogP contribution in [0.25, 0.3) is 10.9 Å². The number of pyridine rings is 1. The molecule has 0 spiro atoms. The van der Waals surface area contributed by atoms with Crippen molar-refractivity contribution in [1.82, 2.24) is 4.98 Å². The Balaban J connectivity index is 1.77. The largest absolute Gasteiger partial charge is 0.451 e. The Kier molecular flexibility index (Phi) is 5.49. The maximum absolute atomic E-state index is 12.5. The molecule has 0 unspecified atom stereocenters. The molecule has 2 aromatic carbocycles. The Morgan fingerprint density at radius 2 is 1.71 bits per heavy atom. The van der Waals surface area contributed by atoms with Gasteiger partial charge in [0.05, 0.1) is 5.56 Å². The number of ketones is 1. The molecule has 3 aromatic rings. The number of H-pyrrole nitrogens is 1. The van der Waals surface area contributed by atoms with Crippen LogP contribution in [0.2, 0.25) is 0 Å². The molecule has 0 aliphatic carbocycles. The van der Waals surface area contributed by atoms with Crippen LogP contribution in [0, 0.1) is 0 Å². The van der Waals surface area contributed by atoms with E-state index in [1.54, 1.807) is 24.3 Å². The normalized spacial score (nSPS) is 12.0. The fourth-order valence-corrected chi connectivity index (χ4v) is 2.69. The highest BCUT2D eigenvalue weighted by Gasteiger charge is 2.22. The van der Waals surface area contributed by atoms with Crippen LogP contribution in [0.4, 0.5) is 8.78 Å². The highest BCUT2D eigenvalue weighted by molar-refractivity contribution is 6.05. The summed E-state index contributed by atoms with van der Waals surface area (Å²) in [6.07, 6.45) is -1.15. The summed E-state index contributed by atoms with van der Waals surface area (Å²) < 4.78 is 33.8. The highest BCUT2D eigenvalue weighted by Crippen LogP contribution is 2.19. The molecule has 144 valence electrons. The molecule has 0 amide bonds. The van der Waals surface area contributed by atoms with Crippen molar-refractivity contribution in [3.63, 3.8) is 0 Å². The van der Waals surface area contributed by atoms with E-state index in [1.807, 2.05) is 0 Å². The number of hydrogen-bond acceptors (Lipinski definition) is 5. The predicted molar refractivity (Wildman–Crippen MR) is 96.9 cm³/mol. The molecule has 0 aliphatic heterocycles. The van der Waals surface area contributed by atoms with Gasteiger partial charge in [-0.1, -0.05) is 18.2 Å². The van der Waals surface area contributed by atoms with E-state index in [-0.39, 0.29) is 16.9 Å². The third-order valence-corrected chi connectivity index (χ3v) is 3.99. The summed E-state index contributed by atoms with van der Waals surface area (Å²) in [5.41, 5.74) is 0.201. The first-order valence-corrected chi connectivity index (χ1v) is 8.27. The molecule has 0 saturated carbocycles. The molecule has 6 nitrogen and oxygen atoms in total. The Morgan fingerprint density at radius 1 is 1.04 bits per heavy atom. The van der Waals surface area contributed by atoms with E-state index < -0.39 is 30.0 Å². The maximum atomic E-state index is 12.5. The van der Waals surface area contributed by atoms with Gasteiger partial charge in [0.2, 0.25) is 11.3 Å². The first-order chi connectivity index (χ1) is 13.3. The van der Waals surface area contributed by atoms with E-state index in [4.69, 9.17) is 4.74 Å². The molecule has 1 atom stereocenters. The number of Topliss-reactive ketones (excluding diaryl/α,β-unsaturated/α-hetero) is 1. The van der Waals surface area contributed by atoms with Gasteiger partial charge in [-0.3, -0.25) is 9.59 Å². The van der Waals surface area contributed by atoms with Crippen molar-refractivity contribution in [3.8, 4) is 5.75 Å². The number of nitrogens with one attached hydrogen (secondary N) is 1. The lowest BCUT2D eigenvalue weighted by Crippen LogP contribution is -2.25. The molecular formula is C20H15F2NO5. The number of para-hydroxylation sites is 1. The van der Waals surface area contributed by atoms with Crippen molar-refractivity contribution in [2.45, 2.75) is 19.6 Å². The summed E-state index contributed by atoms with van der Waals surface area (Å²) in [7, 11) is 0. The molecular weight excluding hydrogens is 372 g/mol. The zero-order chi connectivity index (χ0) is 20.3. The van der Waals surface area contributed by atoms with Crippen molar-refractivity contribution in [3.05, 3.63) is 76.1 Å². The summed E-state index contributed by atoms with van der Waals surface area (Å²) in [6.45, 7) is -1.58. The van der Waals surface area contributed by atoms with Crippen LogP contribution < -0.4 is 10.3 Å². The maximum Gasteiger partial charge on any atom is 0.387 e. The number of halogens is 2. The number of carbonyl (C=O) groups is 2. The number of esters is 1. The average Bonchev–Trinajstić information content (AvgIpc) is 2.66. The quantitative estimate of drug-likeness (QED) is 0.516. The number of hydrogen-bond donors (Lipinski definition) is 1. The highest BCUT2D eigenvalue weighted by atomic mass is 19.3. The lowest BCUT2D eigenvalue weighted by atomic mass is 10.1. The van der Waals surface area contributed by atoms with E-state index in [9.17, 15) is 23.2 Å². The summed E-state index contributed by atoms with van der Waals surface area (Å²) >= 11 is 0. The number of rotatable bonds is 6. The minimum Gasteiger partial charge on any atom is -0.451 e. The lowest BCUT2D eigenvalue weighted by Gasteiger charge is -2.13. The molecule has 8 heteroatoms. The van der Waals surface area contributed by atoms with Gasteiger partial charge in [0.25, 0.3) is 0 Å². The van der Waals surface area contributed by atoms with Gasteiger partial charge in [0.15, 0.2) is 6.10 Å². The van der Waals surface area contributed by atoms with Gasteiger partial charge in [-0.2, -0.15) is 8.78 Å². The minimum absolute atomic E-state index is 0.0414. The number of ether oxygens (including phenoxy) is 2. The second-order valence-electron chi connectivity index (χ2n) is 5.91. The monoisotopic (exact) mass is 387 g/mol. The number of fused-ring (bicyclic) bond motifs is 1. The molecule has 0 radical (unpaired) electrons. The fourth-order valence-electron chi connectivity index (χ4n) is 2.69. The van der Waals surface area contributed by atoms with Gasteiger partial charge in [0, 0.05) is 22.5 Å². The van der Waals surface area contributed by atoms with Gasteiger partial charge in [0.1, 0.15) is 5.75 Å². The summed E-state index contributed by atoms with van der Waals surface area (Å²) in [6, 6.07) is 12.9. The van der Waals surface area contributed by atoms with Crippen LogP contribution in [0.3, 0.4) is 0 Å². The summed E-state index contributed by atoms with van der Waals surface area (Å²) in [4.78, 5) is 39.3. The van der Waals surface area contributed by atoms with Crippen LogP contribution in [0.15, 0.2) is 59.4 Å². The summed E-state index contributed by atoms with van der Waals surface area (Å²) in [5.74, 6) is -1.43. The molecule has 1 aromatic heterocycles.